The van der Waals surface area contributed by atoms with Gasteiger partial charge in [-0.1, -0.05) is 30.4 Å². The molecule has 2 aromatic carbocycles. The van der Waals surface area contributed by atoms with Gasteiger partial charge < -0.3 is 34.7 Å². The number of aromatic nitrogens is 1. The van der Waals surface area contributed by atoms with Gasteiger partial charge in [0.05, 0.1) is 33.9 Å². The van der Waals surface area contributed by atoms with Crippen LogP contribution in [0.2, 0.25) is 0 Å². The average Bonchev–Trinajstić information content (AvgIpc) is 3.95. The second kappa shape index (κ2) is 12.4. The first kappa shape index (κ1) is 32.3. The van der Waals surface area contributed by atoms with Crippen LogP contribution in [0.15, 0.2) is 47.4 Å². The fourth-order valence-electron chi connectivity index (χ4n) is 6.68. The maximum absolute atomic E-state index is 14.3. The van der Waals surface area contributed by atoms with Gasteiger partial charge in [0.2, 0.25) is 10.0 Å². The number of fused-ring (bicyclic) bond motifs is 3. The van der Waals surface area contributed by atoms with Gasteiger partial charge in [0, 0.05) is 25.6 Å². The highest BCUT2D eigenvalue weighted by atomic mass is 32.2. The van der Waals surface area contributed by atoms with Crippen LogP contribution in [0.5, 0.6) is 0 Å². The molecule has 1 amide bonds. The van der Waals surface area contributed by atoms with Crippen LogP contribution >= 0.6 is 11.3 Å². The first-order valence-electron chi connectivity index (χ1n) is 16.5. The summed E-state index contributed by atoms with van der Waals surface area (Å²) in [5.41, 5.74) is 1.14. The Morgan fingerprint density at radius 1 is 1.17 bits per heavy atom. The molecule has 2 saturated carbocycles. The van der Waals surface area contributed by atoms with Gasteiger partial charge in [-0.25, -0.2) is 22.6 Å². The second-order valence-corrected chi connectivity index (χ2v) is 17.0. The third-order valence-corrected chi connectivity index (χ3v) is 12.7. The summed E-state index contributed by atoms with van der Waals surface area (Å²) < 4.78 is 67.6. The van der Waals surface area contributed by atoms with Gasteiger partial charge in [-0.2, -0.15) is 4.31 Å². The number of alkyl carbamates (subject to hydrolysis) is 1. The summed E-state index contributed by atoms with van der Waals surface area (Å²) in [5.74, 6) is -0.421. The third-order valence-electron chi connectivity index (χ3n) is 9.92. The highest BCUT2D eigenvalue weighted by Crippen LogP contribution is 2.46. The van der Waals surface area contributed by atoms with E-state index in [1.54, 1.807) is 30.3 Å². The molecule has 8 rings (SSSR count). The van der Waals surface area contributed by atoms with Crippen molar-refractivity contribution in [1.29, 1.82) is 0 Å². The number of halogens is 1. The molecule has 0 radical (unpaired) electrons. The number of thiazole rings is 1. The van der Waals surface area contributed by atoms with Gasteiger partial charge >= 0.3 is 6.09 Å². The number of anilines is 1. The van der Waals surface area contributed by atoms with Gasteiger partial charge in [0.1, 0.15) is 24.1 Å². The minimum atomic E-state index is -4.07. The van der Waals surface area contributed by atoms with E-state index in [0.29, 0.717) is 23.5 Å². The molecule has 4 heterocycles. The summed E-state index contributed by atoms with van der Waals surface area (Å²) in [6.45, 7) is 2.18. The fraction of sp³-hybridized carbons (Fsp3) is 0.576. The van der Waals surface area contributed by atoms with E-state index in [4.69, 9.17) is 18.9 Å². The number of carbonyl (C=O) groups excluding carboxylic acids is 1. The summed E-state index contributed by atoms with van der Waals surface area (Å²) in [4.78, 5) is 18.1. The van der Waals surface area contributed by atoms with Gasteiger partial charge in [0.15, 0.2) is 17.5 Å². The Bertz CT molecular complexity index is 1780. The van der Waals surface area contributed by atoms with Crippen molar-refractivity contribution in [2.75, 3.05) is 25.0 Å². The molecule has 1 aromatic heterocycles. The Morgan fingerprint density at radius 3 is 2.71 bits per heavy atom. The third kappa shape index (κ3) is 6.78. The predicted octanol–water partition coefficient (Wildman–Crippen LogP) is 3.78. The van der Waals surface area contributed by atoms with Crippen molar-refractivity contribution in [3.8, 4) is 0 Å². The maximum Gasteiger partial charge on any atom is 0.407 e. The molecule has 3 aliphatic heterocycles. The van der Waals surface area contributed by atoms with Gasteiger partial charge in [-0.15, -0.1) is 0 Å². The van der Waals surface area contributed by atoms with Crippen molar-refractivity contribution in [3.63, 3.8) is 0 Å². The number of ether oxygens (including phenoxy) is 4. The number of hydrogen-bond donors (Lipinski definition) is 3. The van der Waals surface area contributed by atoms with Crippen LogP contribution in [-0.2, 0) is 35.4 Å². The lowest BCUT2D eigenvalue weighted by atomic mass is 9.99. The zero-order valence-corrected chi connectivity index (χ0v) is 28.1. The number of nitrogens with zero attached hydrogens (tertiary/aromatic N) is 2. The molecule has 12 nitrogen and oxygen atoms in total. The Kier molecular flexibility index (Phi) is 8.37. The van der Waals surface area contributed by atoms with Gasteiger partial charge in [0.25, 0.3) is 0 Å². The lowest BCUT2D eigenvalue weighted by molar-refractivity contribution is -0.226. The van der Waals surface area contributed by atoms with Crippen molar-refractivity contribution in [2.45, 2.75) is 99.2 Å². The normalized spacial score (nSPS) is 28.4. The number of nitrogens with one attached hydrogen (secondary N) is 2. The fourth-order valence-corrected chi connectivity index (χ4v) is 9.37. The van der Waals surface area contributed by atoms with E-state index >= 15 is 0 Å². The number of amides is 1. The van der Waals surface area contributed by atoms with E-state index in [1.807, 2.05) is 6.92 Å². The molecule has 3 bridgehead atoms. The molecule has 15 heteroatoms. The molecular weight excluding hydrogens is 664 g/mol. The molecule has 7 atom stereocenters. The van der Waals surface area contributed by atoms with Crippen LogP contribution in [0.3, 0.4) is 0 Å². The van der Waals surface area contributed by atoms with Crippen molar-refractivity contribution >= 4 is 42.8 Å². The van der Waals surface area contributed by atoms with Crippen molar-refractivity contribution in [3.05, 3.63) is 53.8 Å². The smallest absolute Gasteiger partial charge is 0.407 e. The molecule has 258 valence electrons. The monoisotopic (exact) mass is 702 g/mol. The Morgan fingerprint density at radius 2 is 1.96 bits per heavy atom. The van der Waals surface area contributed by atoms with Gasteiger partial charge in [-0.3, -0.25) is 0 Å². The predicted molar refractivity (Wildman–Crippen MR) is 174 cm³/mol. The quantitative estimate of drug-likeness (QED) is 0.240. The standard InChI is InChI=1S/C33H39FN4O8S2/c1-33(10-11-33)17-38(48(41,42)21-8-9-22-28(13-21)47-31(36-22)35-20-6-7-20)15-24(39)23(12-18-2-4-19(34)5-3-18)37-32(40)46-29-25-14-26-30(45-25)43-16-27(29)44-26/h2-5,8-9,13,20,23-27,29-30,39H,6-7,10-12,14-17H2,1H3,(H,35,36)(H,37,40)/t23-,24+,25?,26?,27?,29?,30?/m0/s1. The Labute approximate surface area is 281 Å². The molecule has 5 aliphatic rings. The van der Waals surface area contributed by atoms with E-state index in [9.17, 15) is 22.7 Å². The molecule has 3 N–H and O–H groups in total. The largest absolute Gasteiger partial charge is 0.441 e. The minimum absolute atomic E-state index is 0.100. The van der Waals surface area contributed by atoms with Gasteiger partial charge in [-0.05, 0) is 73.4 Å². The number of aliphatic hydroxyl groups excluding tert-OH is 1. The highest BCUT2D eigenvalue weighted by Gasteiger charge is 2.55. The lowest BCUT2D eigenvalue weighted by Crippen LogP contribution is -2.55. The Balaban J connectivity index is 1.02. The van der Waals surface area contributed by atoms with E-state index < -0.39 is 52.6 Å². The Hall–Kier alpha value is -2.92. The number of sulfonamides is 1. The van der Waals surface area contributed by atoms with Crippen LogP contribution in [0.25, 0.3) is 10.2 Å². The molecule has 5 unspecified atom stereocenters. The molecule has 3 aromatic rings. The summed E-state index contributed by atoms with van der Waals surface area (Å²) in [6.07, 6.45) is 0.202. The van der Waals surface area contributed by atoms with E-state index in [1.165, 1.54) is 27.8 Å². The number of carbonyl (C=O) groups is 1. The van der Waals surface area contributed by atoms with E-state index in [-0.39, 0.29) is 48.6 Å². The molecule has 5 fully saturated rings. The first-order chi connectivity index (χ1) is 23.0. The van der Waals surface area contributed by atoms with Crippen LogP contribution in [-0.4, -0.2) is 97.5 Å². The number of aliphatic hydroxyl groups is 1. The van der Waals surface area contributed by atoms with E-state index in [2.05, 4.69) is 15.6 Å². The molecule has 3 saturated heterocycles. The molecule has 2 aliphatic carbocycles. The highest BCUT2D eigenvalue weighted by molar-refractivity contribution is 7.89. The molecule has 48 heavy (non-hydrogen) atoms. The van der Waals surface area contributed by atoms with Crippen molar-refractivity contribution in [2.24, 2.45) is 5.41 Å². The zero-order valence-electron chi connectivity index (χ0n) is 26.4. The number of benzene rings is 2. The summed E-state index contributed by atoms with van der Waals surface area (Å²) in [6, 6.07) is 10.1. The van der Waals surface area contributed by atoms with Crippen LogP contribution in [0.4, 0.5) is 14.3 Å². The van der Waals surface area contributed by atoms with Crippen LogP contribution in [0, 0.1) is 11.2 Å². The molecular formula is C33H39FN4O8S2. The molecule has 0 spiro atoms. The van der Waals surface area contributed by atoms with Crippen LogP contribution < -0.4 is 10.6 Å². The maximum atomic E-state index is 14.3. The van der Waals surface area contributed by atoms with Crippen molar-refractivity contribution < 1.29 is 41.7 Å². The summed E-state index contributed by atoms with van der Waals surface area (Å²) in [5, 5.41) is 18.6. The summed E-state index contributed by atoms with van der Waals surface area (Å²) >= 11 is 1.42. The number of rotatable bonds is 13. The number of hydrogen-bond acceptors (Lipinski definition) is 11. The second-order valence-electron chi connectivity index (χ2n) is 14.0. The minimum Gasteiger partial charge on any atom is -0.441 e. The van der Waals surface area contributed by atoms with E-state index in [0.717, 1.165) is 35.5 Å². The summed E-state index contributed by atoms with van der Waals surface area (Å²) in [7, 11) is -4.07. The van der Waals surface area contributed by atoms with Crippen LogP contribution in [0.1, 0.15) is 44.6 Å². The zero-order chi connectivity index (χ0) is 33.2. The lowest BCUT2D eigenvalue weighted by Gasteiger charge is -2.37. The topological polar surface area (TPSA) is 149 Å². The average molecular weight is 703 g/mol. The SMILES string of the molecule is CC1(CN(C[C@@H](O)[C@H](Cc2ccc(F)cc2)NC(=O)OC2C3COC4OC2CC4O3)S(=O)(=O)c2ccc3nc(NC4CC4)sc3c2)CC1. The first-order valence-corrected chi connectivity index (χ1v) is 18.8. The van der Waals surface area contributed by atoms with Crippen molar-refractivity contribution in [1.82, 2.24) is 14.6 Å².